The fourth-order valence-electron chi connectivity index (χ4n) is 2.12. The predicted octanol–water partition coefficient (Wildman–Crippen LogP) is 1.48. The van der Waals surface area contributed by atoms with Crippen molar-refractivity contribution in [2.24, 2.45) is 0 Å². The minimum atomic E-state index is 0.820. The highest BCUT2D eigenvalue weighted by atomic mass is 16.5. The summed E-state index contributed by atoms with van der Waals surface area (Å²) in [7, 11) is 0. The second-order valence-electron chi connectivity index (χ2n) is 4.13. The molecule has 16 heavy (non-hydrogen) atoms. The van der Waals surface area contributed by atoms with E-state index in [2.05, 4.69) is 38.8 Å². The molecule has 3 heterocycles. The van der Waals surface area contributed by atoms with E-state index in [4.69, 9.17) is 4.74 Å². The van der Waals surface area contributed by atoms with Crippen molar-refractivity contribution >= 4 is 11.3 Å². The first-order chi connectivity index (χ1) is 7.83. The van der Waals surface area contributed by atoms with Gasteiger partial charge in [0.15, 0.2) is 0 Å². The van der Waals surface area contributed by atoms with Gasteiger partial charge in [0.1, 0.15) is 5.65 Å². The maximum Gasteiger partial charge on any atom is 0.137 e. The monoisotopic (exact) mass is 217 g/mol. The van der Waals surface area contributed by atoms with Crippen LogP contribution in [0, 0.1) is 6.92 Å². The SMILES string of the molecule is Cc1cn2cc(N3CCOCC3)ccc2n1. The third-order valence-corrected chi connectivity index (χ3v) is 2.93. The summed E-state index contributed by atoms with van der Waals surface area (Å²) >= 11 is 0. The third-order valence-electron chi connectivity index (χ3n) is 2.93. The summed E-state index contributed by atoms with van der Waals surface area (Å²) in [4.78, 5) is 6.76. The van der Waals surface area contributed by atoms with E-state index in [0.29, 0.717) is 0 Å². The molecule has 3 rings (SSSR count). The molecule has 0 unspecified atom stereocenters. The molecule has 0 bridgehead atoms. The zero-order chi connectivity index (χ0) is 11.0. The van der Waals surface area contributed by atoms with Crippen LogP contribution in [0.4, 0.5) is 5.69 Å². The summed E-state index contributed by atoms with van der Waals surface area (Å²) in [6.07, 6.45) is 4.19. The van der Waals surface area contributed by atoms with E-state index in [1.54, 1.807) is 0 Å². The molecule has 2 aromatic heterocycles. The summed E-state index contributed by atoms with van der Waals surface area (Å²) in [6.45, 7) is 5.60. The Labute approximate surface area is 94.5 Å². The van der Waals surface area contributed by atoms with Crippen LogP contribution in [-0.4, -0.2) is 35.7 Å². The Balaban J connectivity index is 1.97. The smallest absolute Gasteiger partial charge is 0.137 e. The molecule has 0 radical (unpaired) electrons. The van der Waals surface area contributed by atoms with Gasteiger partial charge in [-0.2, -0.15) is 0 Å². The van der Waals surface area contributed by atoms with Gasteiger partial charge in [-0.3, -0.25) is 0 Å². The molecular weight excluding hydrogens is 202 g/mol. The summed E-state index contributed by atoms with van der Waals surface area (Å²) < 4.78 is 7.44. The van der Waals surface area contributed by atoms with Gasteiger partial charge in [0.25, 0.3) is 0 Å². The summed E-state index contributed by atoms with van der Waals surface area (Å²) in [5.41, 5.74) is 3.31. The minimum Gasteiger partial charge on any atom is -0.378 e. The molecule has 0 saturated carbocycles. The first-order valence-corrected chi connectivity index (χ1v) is 5.61. The molecule has 0 amide bonds. The van der Waals surface area contributed by atoms with E-state index in [9.17, 15) is 0 Å². The van der Waals surface area contributed by atoms with Crippen LogP contribution >= 0.6 is 0 Å². The van der Waals surface area contributed by atoms with Crippen molar-refractivity contribution in [2.45, 2.75) is 6.92 Å². The average Bonchev–Trinajstić information content (AvgIpc) is 2.69. The van der Waals surface area contributed by atoms with Gasteiger partial charge in [0.2, 0.25) is 0 Å². The topological polar surface area (TPSA) is 29.8 Å². The number of imidazole rings is 1. The Bertz CT molecular complexity index is 500. The highest BCUT2D eigenvalue weighted by molar-refractivity contribution is 5.52. The summed E-state index contributed by atoms with van der Waals surface area (Å²) in [5.74, 6) is 0. The molecule has 0 atom stereocenters. The molecule has 0 spiro atoms. The van der Waals surface area contributed by atoms with Crippen molar-refractivity contribution in [3.8, 4) is 0 Å². The van der Waals surface area contributed by atoms with Crippen LogP contribution in [0.3, 0.4) is 0 Å². The molecular formula is C12H15N3O. The van der Waals surface area contributed by atoms with Crippen molar-refractivity contribution in [3.63, 3.8) is 0 Å². The highest BCUT2D eigenvalue weighted by Gasteiger charge is 2.11. The number of aryl methyl sites for hydroxylation is 1. The first kappa shape index (κ1) is 9.66. The molecule has 1 fully saturated rings. The number of ether oxygens (including phenoxy) is 1. The number of rotatable bonds is 1. The second-order valence-corrected chi connectivity index (χ2v) is 4.13. The number of aromatic nitrogens is 2. The van der Waals surface area contributed by atoms with Crippen LogP contribution < -0.4 is 4.90 Å². The van der Waals surface area contributed by atoms with Crippen molar-refractivity contribution in [1.29, 1.82) is 0 Å². The van der Waals surface area contributed by atoms with Crippen molar-refractivity contribution in [1.82, 2.24) is 9.38 Å². The maximum absolute atomic E-state index is 5.35. The van der Waals surface area contributed by atoms with Crippen LogP contribution in [0.1, 0.15) is 5.69 Å². The van der Waals surface area contributed by atoms with Gasteiger partial charge in [0, 0.05) is 25.5 Å². The highest BCUT2D eigenvalue weighted by Crippen LogP contribution is 2.17. The van der Waals surface area contributed by atoms with Crippen molar-refractivity contribution in [3.05, 3.63) is 30.2 Å². The van der Waals surface area contributed by atoms with Gasteiger partial charge in [-0.05, 0) is 19.1 Å². The van der Waals surface area contributed by atoms with E-state index in [1.165, 1.54) is 5.69 Å². The fourth-order valence-corrected chi connectivity index (χ4v) is 2.12. The molecule has 4 nitrogen and oxygen atoms in total. The zero-order valence-electron chi connectivity index (χ0n) is 9.39. The fraction of sp³-hybridized carbons (Fsp3) is 0.417. The van der Waals surface area contributed by atoms with Gasteiger partial charge in [-0.15, -0.1) is 0 Å². The Morgan fingerprint density at radius 2 is 2.00 bits per heavy atom. The van der Waals surface area contributed by atoms with E-state index in [0.717, 1.165) is 37.6 Å². The Hall–Kier alpha value is -1.55. The predicted molar refractivity (Wildman–Crippen MR) is 63.0 cm³/mol. The molecule has 0 aliphatic carbocycles. The lowest BCUT2D eigenvalue weighted by atomic mass is 10.3. The van der Waals surface area contributed by atoms with Gasteiger partial charge < -0.3 is 14.0 Å². The minimum absolute atomic E-state index is 0.820. The van der Waals surface area contributed by atoms with Gasteiger partial charge in [-0.25, -0.2) is 4.98 Å². The number of pyridine rings is 1. The van der Waals surface area contributed by atoms with Crippen molar-refractivity contribution < 1.29 is 4.74 Å². The normalized spacial score (nSPS) is 16.9. The second kappa shape index (κ2) is 3.79. The number of nitrogens with zero attached hydrogens (tertiary/aromatic N) is 3. The van der Waals surface area contributed by atoms with E-state index < -0.39 is 0 Å². The Morgan fingerprint density at radius 3 is 2.81 bits per heavy atom. The third kappa shape index (κ3) is 1.65. The summed E-state index contributed by atoms with van der Waals surface area (Å²) in [6, 6.07) is 4.20. The average molecular weight is 217 g/mol. The molecule has 1 aliphatic rings. The molecule has 84 valence electrons. The first-order valence-electron chi connectivity index (χ1n) is 5.61. The molecule has 0 N–H and O–H groups in total. The zero-order valence-corrected chi connectivity index (χ0v) is 9.39. The quantitative estimate of drug-likeness (QED) is 0.724. The lowest BCUT2D eigenvalue weighted by Crippen LogP contribution is -2.36. The van der Waals surface area contributed by atoms with Crippen LogP contribution in [0.5, 0.6) is 0 Å². The van der Waals surface area contributed by atoms with Crippen LogP contribution in [-0.2, 0) is 4.74 Å². The van der Waals surface area contributed by atoms with E-state index >= 15 is 0 Å². The molecule has 2 aromatic rings. The van der Waals surface area contributed by atoms with E-state index in [1.807, 2.05) is 6.92 Å². The number of hydrogen-bond donors (Lipinski definition) is 0. The van der Waals surface area contributed by atoms with E-state index in [-0.39, 0.29) is 0 Å². The standard InChI is InChI=1S/C12H15N3O/c1-10-8-15-9-11(2-3-12(15)13-10)14-4-6-16-7-5-14/h2-3,8-9H,4-7H2,1H3. The van der Waals surface area contributed by atoms with Crippen molar-refractivity contribution in [2.75, 3.05) is 31.2 Å². The van der Waals surface area contributed by atoms with Gasteiger partial charge in [-0.1, -0.05) is 0 Å². The lowest BCUT2D eigenvalue weighted by molar-refractivity contribution is 0.122. The largest absolute Gasteiger partial charge is 0.378 e. The Kier molecular flexibility index (Phi) is 2.29. The molecule has 4 heteroatoms. The summed E-state index contributed by atoms with van der Waals surface area (Å²) in [5, 5.41) is 0. The maximum atomic E-state index is 5.35. The number of morpholine rings is 1. The number of fused-ring (bicyclic) bond motifs is 1. The molecule has 0 aromatic carbocycles. The van der Waals surface area contributed by atoms with Gasteiger partial charge >= 0.3 is 0 Å². The lowest BCUT2D eigenvalue weighted by Gasteiger charge is -2.28. The number of hydrogen-bond acceptors (Lipinski definition) is 3. The molecule has 1 aliphatic heterocycles. The van der Waals surface area contributed by atoms with Crippen LogP contribution in [0.15, 0.2) is 24.5 Å². The molecule has 1 saturated heterocycles. The van der Waals surface area contributed by atoms with Gasteiger partial charge in [0.05, 0.1) is 24.6 Å². The number of anilines is 1. The van der Waals surface area contributed by atoms with Crippen LogP contribution in [0.25, 0.3) is 5.65 Å². The Morgan fingerprint density at radius 1 is 1.19 bits per heavy atom. The van der Waals surface area contributed by atoms with Crippen LogP contribution in [0.2, 0.25) is 0 Å².